The van der Waals surface area contributed by atoms with E-state index in [0.717, 1.165) is 35.5 Å². The topological polar surface area (TPSA) is 90.1 Å². The Morgan fingerprint density at radius 2 is 2.31 bits per heavy atom. The molecule has 0 spiro atoms. The highest BCUT2D eigenvalue weighted by Crippen LogP contribution is 2.20. The van der Waals surface area contributed by atoms with Crippen molar-refractivity contribution in [3.63, 3.8) is 0 Å². The number of nitrogens with zero attached hydrogens (tertiary/aromatic N) is 1. The molecule has 1 aromatic heterocycles. The SMILES string of the molecule is CC[CH]CCc1cnc(S(=O)(=O)C(N)=O)s1. The fourth-order valence-corrected chi connectivity index (χ4v) is 3.09. The van der Waals surface area contributed by atoms with Crippen LogP contribution in [0.25, 0.3) is 0 Å². The van der Waals surface area contributed by atoms with E-state index in [9.17, 15) is 13.2 Å². The fourth-order valence-electron chi connectivity index (χ4n) is 1.06. The maximum absolute atomic E-state index is 11.3. The van der Waals surface area contributed by atoms with Crippen LogP contribution in [0.3, 0.4) is 0 Å². The van der Waals surface area contributed by atoms with Crippen LogP contribution in [0, 0.1) is 6.42 Å². The predicted octanol–water partition coefficient (Wildman–Crippen LogP) is 1.54. The number of aryl methyl sites for hydroxylation is 1. The Hall–Kier alpha value is -0.950. The average molecular weight is 261 g/mol. The van der Waals surface area contributed by atoms with Crippen LogP contribution >= 0.6 is 11.3 Å². The molecule has 0 atom stereocenters. The molecule has 0 saturated heterocycles. The maximum Gasteiger partial charge on any atom is 0.341 e. The summed E-state index contributed by atoms with van der Waals surface area (Å²) < 4.78 is 22.5. The minimum atomic E-state index is -4.05. The van der Waals surface area contributed by atoms with Gasteiger partial charge in [-0.3, -0.25) is 4.79 Å². The van der Waals surface area contributed by atoms with Crippen molar-refractivity contribution in [2.24, 2.45) is 5.73 Å². The van der Waals surface area contributed by atoms with E-state index in [-0.39, 0.29) is 4.34 Å². The Labute approximate surface area is 98.6 Å². The van der Waals surface area contributed by atoms with Gasteiger partial charge in [-0.25, -0.2) is 13.4 Å². The molecule has 0 aliphatic carbocycles. The van der Waals surface area contributed by atoms with Gasteiger partial charge in [-0.1, -0.05) is 13.3 Å². The van der Waals surface area contributed by atoms with E-state index in [2.05, 4.69) is 11.4 Å². The summed E-state index contributed by atoms with van der Waals surface area (Å²) in [7, 11) is -4.05. The van der Waals surface area contributed by atoms with Crippen LogP contribution < -0.4 is 5.73 Å². The molecule has 7 heteroatoms. The van der Waals surface area contributed by atoms with Gasteiger partial charge in [0.1, 0.15) is 0 Å². The van der Waals surface area contributed by atoms with Gasteiger partial charge in [0.2, 0.25) is 4.34 Å². The first-order valence-electron chi connectivity index (χ1n) is 4.79. The first kappa shape index (κ1) is 13.1. The van der Waals surface area contributed by atoms with E-state index < -0.39 is 15.1 Å². The third-order valence-electron chi connectivity index (χ3n) is 1.91. The molecule has 0 saturated carbocycles. The second kappa shape index (κ2) is 5.40. The summed E-state index contributed by atoms with van der Waals surface area (Å²) in [5, 5.41) is -1.35. The Morgan fingerprint density at radius 3 is 2.88 bits per heavy atom. The number of unbranched alkanes of at least 4 members (excludes halogenated alkanes) is 2. The summed E-state index contributed by atoms with van der Waals surface area (Å²) in [4.78, 5) is 15.2. The number of nitrogens with two attached hydrogens (primary N) is 1. The smallest absolute Gasteiger partial charge is 0.341 e. The lowest BCUT2D eigenvalue weighted by atomic mass is 10.2. The monoisotopic (exact) mass is 261 g/mol. The Morgan fingerprint density at radius 1 is 1.62 bits per heavy atom. The molecule has 1 aromatic rings. The largest absolute Gasteiger partial charge is 0.356 e. The Kier molecular flexibility index (Phi) is 4.43. The van der Waals surface area contributed by atoms with Crippen LogP contribution in [0.4, 0.5) is 4.79 Å². The number of rotatable bonds is 5. The molecule has 2 N–H and O–H groups in total. The minimum absolute atomic E-state index is 0.216. The average Bonchev–Trinajstić information content (AvgIpc) is 2.67. The fraction of sp³-hybridized carbons (Fsp3) is 0.444. The van der Waals surface area contributed by atoms with Gasteiger partial charge in [0, 0.05) is 11.1 Å². The highest BCUT2D eigenvalue weighted by Gasteiger charge is 2.25. The highest BCUT2D eigenvalue weighted by molar-refractivity contribution is 8.07. The van der Waals surface area contributed by atoms with Crippen LogP contribution in [-0.4, -0.2) is 18.6 Å². The van der Waals surface area contributed by atoms with Crippen LogP contribution in [0.2, 0.25) is 0 Å². The lowest BCUT2D eigenvalue weighted by Crippen LogP contribution is -2.21. The molecule has 0 fully saturated rings. The number of hydrogen-bond donors (Lipinski definition) is 1. The van der Waals surface area contributed by atoms with Crippen molar-refractivity contribution in [2.45, 2.75) is 30.5 Å². The standard InChI is InChI=1S/C9H13N2O3S2/c1-2-3-4-5-7-6-11-9(15-7)16(13,14)8(10)12/h3,6H,2,4-5H2,1H3,(H2,10,12). The number of carbonyl (C=O) groups is 1. The molecule has 5 nitrogen and oxygen atoms in total. The molecule has 1 heterocycles. The van der Waals surface area contributed by atoms with Crippen LogP contribution in [0.5, 0.6) is 0 Å². The molecule has 1 radical (unpaired) electrons. The normalized spacial score (nSPS) is 11.6. The molecular weight excluding hydrogens is 248 g/mol. The lowest BCUT2D eigenvalue weighted by Gasteiger charge is -1.94. The van der Waals surface area contributed by atoms with Crippen molar-refractivity contribution in [1.29, 1.82) is 0 Å². The number of primary amides is 1. The summed E-state index contributed by atoms with van der Waals surface area (Å²) in [5.41, 5.74) is 4.77. The summed E-state index contributed by atoms with van der Waals surface area (Å²) in [5.74, 6) is 0. The van der Waals surface area contributed by atoms with E-state index in [4.69, 9.17) is 5.73 Å². The molecule has 1 amide bonds. The molecule has 0 aliphatic heterocycles. The van der Waals surface area contributed by atoms with Gasteiger partial charge in [0.25, 0.3) is 9.84 Å². The van der Waals surface area contributed by atoms with Gasteiger partial charge < -0.3 is 5.73 Å². The molecule has 0 bridgehead atoms. The molecule has 0 aromatic carbocycles. The summed E-state index contributed by atoms with van der Waals surface area (Å²) >= 11 is 0.999. The summed E-state index contributed by atoms with van der Waals surface area (Å²) in [6.07, 6.45) is 6.16. The third kappa shape index (κ3) is 3.02. The van der Waals surface area contributed by atoms with E-state index in [1.165, 1.54) is 6.20 Å². The number of aromatic nitrogens is 1. The first-order chi connectivity index (χ1) is 7.48. The van der Waals surface area contributed by atoms with Crippen LogP contribution in [-0.2, 0) is 16.3 Å². The van der Waals surface area contributed by atoms with Crippen molar-refractivity contribution >= 4 is 26.4 Å². The minimum Gasteiger partial charge on any atom is -0.356 e. The third-order valence-corrected chi connectivity index (χ3v) is 4.77. The first-order valence-corrected chi connectivity index (χ1v) is 7.09. The van der Waals surface area contributed by atoms with Crippen LogP contribution in [0.15, 0.2) is 10.5 Å². The summed E-state index contributed by atoms with van der Waals surface area (Å²) in [6, 6.07) is 0. The number of thiazole rings is 1. The number of hydrogen-bond acceptors (Lipinski definition) is 5. The number of carbonyl (C=O) groups excluding carboxylic acids is 1. The molecule has 0 aliphatic rings. The zero-order valence-corrected chi connectivity index (χ0v) is 10.5. The zero-order chi connectivity index (χ0) is 12.2. The molecule has 16 heavy (non-hydrogen) atoms. The Balaban J connectivity index is 2.76. The Bertz CT molecular complexity index is 465. The van der Waals surface area contributed by atoms with E-state index in [0.29, 0.717) is 0 Å². The van der Waals surface area contributed by atoms with Crippen molar-refractivity contribution in [3.8, 4) is 0 Å². The number of sulfone groups is 1. The van der Waals surface area contributed by atoms with Gasteiger partial charge >= 0.3 is 5.24 Å². The predicted molar refractivity (Wildman–Crippen MR) is 61.8 cm³/mol. The van der Waals surface area contributed by atoms with Crippen molar-refractivity contribution in [1.82, 2.24) is 4.98 Å². The maximum atomic E-state index is 11.3. The van der Waals surface area contributed by atoms with Crippen LogP contribution in [0.1, 0.15) is 24.6 Å². The molecular formula is C9H13N2O3S2. The molecule has 1 rings (SSSR count). The second-order valence-corrected chi connectivity index (χ2v) is 6.32. The van der Waals surface area contributed by atoms with Crippen molar-refractivity contribution in [2.75, 3.05) is 0 Å². The van der Waals surface area contributed by atoms with E-state index in [1.807, 2.05) is 6.92 Å². The van der Waals surface area contributed by atoms with Gasteiger partial charge in [-0.05, 0) is 19.3 Å². The van der Waals surface area contributed by atoms with Crippen molar-refractivity contribution < 1.29 is 13.2 Å². The van der Waals surface area contributed by atoms with E-state index in [1.54, 1.807) is 0 Å². The quantitative estimate of drug-likeness (QED) is 0.814. The number of amides is 1. The van der Waals surface area contributed by atoms with E-state index >= 15 is 0 Å². The van der Waals surface area contributed by atoms with Gasteiger partial charge in [-0.2, -0.15) is 0 Å². The second-order valence-electron chi connectivity index (χ2n) is 3.15. The van der Waals surface area contributed by atoms with Gasteiger partial charge in [0.05, 0.1) is 0 Å². The molecule has 0 unspecified atom stereocenters. The zero-order valence-electron chi connectivity index (χ0n) is 8.84. The van der Waals surface area contributed by atoms with Gasteiger partial charge in [-0.15, -0.1) is 11.3 Å². The van der Waals surface area contributed by atoms with Gasteiger partial charge in [0.15, 0.2) is 0 Å². The highest BCUT2D eigenvalue weighted by atomic mass is 32.2. The lowest BCUT2D eigenvalue weighted by molar-refractivity contribution is 0.265. The molecule has 89 valence electrons. The van der Waals surface area contributed by atoms with Crippen molar-refractivity contribution in [3.05, 3.63) is 17.5 Å². The summed E-state index contributed by atoms with van der Waals surface area (Å²) in [6.45, 7) is 2.04.